The van der Waals surface area contributed by atoms with Crippen molar-refractivity contribution in [1.29, 1.82) is 0 Å². The van der Waals surface area contributed by atoms with Gasteiger partial charge in [0, 0.05) is 5.56 Å². The van der Waals surface area contributed by atoms with Crippen LogP contribution in [-0.4, -0.2) is 11.0 Å². The molecule has 0 saturated carbocycles. The molecule has 1 aromatic rings. The monoisotopic (exact) mass is 193 g/mol. The Labute approximate surface area is 83.6 Å². The highest BCUT2D eigenvalue weighted by Gasteiger charge is 2.20. The second-order valence-corrected chi connectivity index (χ2v) is 4.34. The maximum Gasteiger partial charge on any atom is 0.249 e. The van der Waals surface area contributed by atoms with Gasteiger partial charge >= 0.3 is 0 Å². The van der Waals surface area contributed by atoms with Gasteiger partial charge in [-0.05, 0) is 23.1 Å². The lowest BCUT2D eigenvalue weighted by molar-refractivity contribution is 0.0998. The largest absolute Gasteiger partial charge is 0.508 e. The topological polar surface area (TPSA) is 63.3 Å². The molecule has 0 atom stereocenters. The summed E-state index contributed by atoms with van der Waals surface area (Å²) < 4.78 is 0. The second kappa shape index (κ2) is 3.33. The highest BCUT2D eigenvalue weighted by atomic mass is 16.3. The van der Waals surface area contributed by atoms with Gasteiger partial charge in [-0.2, -0.15) is 0 Å². The average molecular weight is 193 g/mol. The molecule has 0 aliphatic rings. The van der Waals surface area contributed by atoms with Crippen LogP contribution in [0, 0.1) is 0 Å². The van der Waals surface area contributed by atoms with E-state index in [0.29, 0.717) is 5.56 Å². The van der Waals surface area contributed by atoms with E-state index >= 15 is 0 Å². The molecule has 0 radical (unpaired) electrons. The van der Waals surface area contributed by atoms with Gasteiger partial charge in [0.2, 0.25) is 5.91 Å². The fraction of sp³-hybridized carbons (Fsp3) is 0.364. The Kier molecular flexibility index (Phi) is 2.51. The predicted molar refractivity (Wildman–Crippen MR) is 55.3 cm³/mol. The molecule has 0 saturated heterocycles. The Morgan fingerprint density at radius 3 is 2.36 bits per heavy atom. The third-order valence-corrected chi connectivity index (χ3v) is 2.08. The highest BCUT2D eigenvalue weighted by Crippen LogP contribution is 2.28. The molecule has 0 unspecified atom stereocenters. The van der Waals surface area contributed by atoms with Crippen LogP contribution in [0.15, 0.2) is 18.2 Å². The number of hydrogen-bond donors (Lipinski definition) is 2. The zero-order valence-corrected chi connectivity index (χ0v) is 8.66. The number of primary amides is 1. The van der Waals surface area contributed by atoms with Gasteiger partial charge in [-0.15, -0.1) is 0 Å². The van der Waals surface area contributed by atoms with E-state index in [1.165, 1.54) is 6.07 Å². The fourth-order valence-corrected chi connectivity index (χ4v) is 1.39. The molecule has 76 valence electrons. The summed E-state index contributed by atoms with van der Waals surface area (Å²) in [6.45, 7) is 5.98. The molecule has 1 aromatic carbocycles. The first-order chi connectivity index (χ1) is 6.32. The average Bonchev–Trinajstić information content (AvgIpc) is 2.01. The van der Waals surface area contributed by atoms with Gasteiger partial charge in [-0.25, -0.2) is 0 Å². The summed E-state index contributed by atoms with van der Waals surface area (Å²) >= 11 is 0. The molecule has 0 aromatic heterocycles. The van der Waals surface area contributed by atoms with Crippen LogP contribution in [0.1, 0.15) is 36.7 Å². The Morgan fingerprint density at radius 1 is 1.36 bits per heavy atom. The third kappa shape index (κ3) is 2.05. The smallest absolute Gasteiger partial charge is 0.249 e. The van der Waals surface area contributed by atoms with Gasteiger partial charge in [0.1, 0.15) is 5.75 Å². The number of carbonyl (C=O) groups is 1. The summed E-state index contributed by atoms with van der Waals surface area (Å²) in [5, 5.41) is 9.24. The molecule has 0 bridgehead atoms. The molecule has 0 spiro atoms. The third-order valence-electron chi connectivity index (χ3n) is 2.08. The molecule has 3 heteroatoms. The summed E-state index contributed by atoms with van der Waals surface area (Å²) in [6, 6.07) is 4.70. The van der Waals surface area contributed by atoms with Crippen LogP contribution in [-0.2, 0) is 5.41 Å². The number of rotatable bonds is 1. The van der Waals surface area contributed by atoms with E-state index in [-0.39, 0.29) is 11.2 Å². The van der Waals surface area contributed by atoms with Crippen LogP contribution < -0.4 is 5.73 Å². The minimum absolute atomic E-state index is 0.0619. The van der Waals surface area contributed by atoms with Crippen molar-refractivity contribution in [2.45, 2.75) is 26.2 Å². The first-order valence-electron chi connectivity index (χ1n) is 4.45. The SMILES string of the molecule is CC(C)(C)c1ccc(O)cc1C(N)=O. The van der Waals surface area contributed by atoms with E-state index in [4.69, 9.17) is 5.73 Å². The van der Waals surface area contributed by atoms with Gasteiger partial charge < -0.3 is 10.8 Å². The maximum atomic E-state index is 11.1. The summed E-state index contributed by atoms with van der Waals surface area (Å²) in [5.74, 6) is -0.447. The van der Waals surface area contributed by atoms with Crippen LogP contribution in [0.25, 0.3) is 0 Å². The molecule has 0 aliphatic carbocycles. The highest BCUT2D eigenvalue weighted by molar-refractivity contribution is 5.95. The number of phenolic OH excluding ortho intramolecular Hbond substituents is 1. The summed E-state index contributed by atoms with van der Waals surface area (Å²) in [5.41, 5.74) is 6.31. The first kappa shape index (κ1) is 10.6. The van der Waals surface area contributed by atoms with Crippen molar-refractivity contribution < 1.29 is 9.90 Å². The van der Waals surface area contributed by atoms with Crippen LogP contribution in [0.2, 0.25) is 0 Å². The van der Waals surface area contributed by atoms with Crippen LogP contribution in [0.4, 0.5) is 0 Å². The van der Waals surface area contributed by atoms with Crippen molar-refractivity contribution in [3.05, 3.63) is 29.3 Å². The van der Waals surface area contributed by atoms with Crippen molar-refractivity contribution in [2.75, 3.05) is 0 Å². The van der Waals surface area contributed by atoms with E-state index in [0.717, 1.165) is 5.56 Å². The molecule has 0 heterocycles. The molecular formula is C11H15NO2. The number of amides is 1. The summed E-state index contributed by atoms with van der Waals surface area (Å²) in [7, 11) is 0. The number of phenols is 1. The lowest BCUT2D eigenvalue weighted by Crippen LogP contribution is -2.20. The molecular weight excluding hydrogens is 178 g/mol. The molecule has 3 N–H and O–H groups in total. The minimum Gasteiger partial charge on any atom is -0.508 e. The number of hydrogen-bond acceptors (Lipinski definition) is 2. The first-order valence-corrected chi connectivity index (χ1v) is 4.45. The van der Waals surface area contributed by atoms with Crippen LogP contribution >= 0.6 is 0 Å². The molecule has 14 heavy (non-hydrogen) atoms. The van der Waals surface area contributed by atoms with E-state index < -0.39 is 5.91 Å². The van der Waals surface area contributed by atoms with E-state index in [9.17, 15) is 9.90 Å². The zero-order chi connectivity index (χ0) is 10.9. The fourth-order valence-electron chi connectivity index (χ4n) is 1.39. The van der Waals surface area contributed by atoms with Crippen LogP contribution in [0.5, 0.6) is 5.75 Å². The van der Waals surface area contributed by atoms with Gasteiger partial charge in [-0.3, -0.25) is 4.79 Å². The number of aromatic hydroxyl groups is 1. The van der Waals surface area contributed by atoms with Gasteiger partial charge in [0.25, 0.3) is 0 Å². The number of benzene rings is 1. The van der Waals surface area contributed by atoms with Crippen molar-refractivity contribution in [3.63, 3.8) is 0 Å². The number of carbonyl (C=O) groups excluding carboxylic acids is 1. The molecule has 1 amide bonds. The minimum atomic E-state index is -0.508. The van der Waals surface area contributed by atoms with Gasteiger partial charge in [0.05, 0.1) is 0 Å². The lowest BCUT2D eigenvalue weighted by atomic mass is 9.83. The van der Waals surface area contributed by atoms with Gasteiger partial charge in [-0.1, -0.05) is 26.8 Å². The number of nitrogens with two attached hydrogens (primary N) is 1. The quantitative estimate of drug-likeness (QED) is 0.714. The van der Waals surface area contributed by atoms with E-state index in [1.54, 1.807) is 12.1 Å². The Hall–Kier alpha value is -1.51. The normalized spacial score (nSPS) is 11.4. The molecule has 3 nitrogen and oxygen atoms in total. The van der Waals surface area contributed by atoms with Crippen molar-refractivity contribution in [1.82, 2.24) is 0 Å². The molecule has 0 fully saturated rings. The van der Waals surface area contributed by atoms with Crippen molar-refractivity contribution >= 4 is 5.91 Å². The standard InChI is InChI=1S/C11H15NO2/c1-11(2,3)9-5-4-7(13)6-8(9)10(12)14/h4-6,13H,1-3H3,(H2,12,14). The Balaban J connectivity index is 3.37. The second-order valence-electron chi connectivity index (χ2n) is 4.34. The lowest BCUT2D eigenvalue weighted by Gasteiger charge is -2.21. The summed E-state index contributed by atoms with van der Waals surface area (Å²) in [4.78, 5) is 11.1. The van der Waals surface area contributed by atoms with E-state index in [2.05, 4.69) is 0 Å². The van der Waals surface area contributed by atoms with Crippen molar-refractivity contribution in [2.24, 2.45) is 5.73 Å². The van der Waals surface area contributed by atoms with E-state index in [1.807, 2.05) is 20.8 Å². The molecule has 1 rings (SSSR count). The summed E-state index contributed by atoms with van der Waals surface area (Å²) in [6.07, 6.45) is 0. The molecule has 0 aliphatic heterocycles. The predicted octanol–water partition coefficient (Wildman–Crippen LogP) is 1.79. The zero-order valence-electron chi connectivity index (χ0n) is 8.66. The van der Waals surface area contributed by atoms with Crippen molar-refractivity contribution in [3.8, 4) is 5.75 Å². The maximum absolute atomic E-state index is 11.1. The Morgan fingerprint density at radius 2 is 1.93 bits per heavy atom. The Bertz CT molecular complexity index is 364. The van der Waals surface area contributed by atoms with Crippen LogP contribution in [0.3, 0.4) is 0 Å². The van der Waals surface area contributed by atoms with Gasteiger partial charge in [0.15, 0.2) is 0 Å².